The van der Waals surface area contributed by atoms with Gasteiger partial charge in [-0.25, -0.2) is 10.2 Å². The van der Waals surface area contributed by atoms with Crippen molar-refractivity contribution in [2.24, 2.45) is 0 Å². The zero-order chi connectivity index (χ0) is 23.0. The second-order valence-electron chi connectivity index (χ2n) is 8.48. The zero-order valence-corrected chi connectivity index (χ0v) is 20.1. The molecule has 1 heterocycles. The molecule has 1 aromatic carbocycles. The number of alkyl carbamates (subject to hydrolysis) is 1. The van der Waals surface area contributed by atoms with Crippen LogP contribution in [0.15, 0.2) is 30.5 Å². The Kier molecular flexibility index (Phi) is 9.28. The molecule has 0 aliphatic carbocycles. The van der Waals surface area contributed by atoms with Gasteiger partial charge in [0.2, 0.25) is 0 Å². The second-order valence-corrected chi connectivity index (χ2v) is 9.46. The van der Waals surface area contributed by atoms with Gasteiger partial charge in [-0.3, -0.25) is 15.2 Å². The molecule has 0 radical (unpaired) electrons. The Labute approximate surface area is 189 Å². The van der Waals surface area contributed by atoms with Gasteiger partial charge in [-0.05, 0) is 57.9 Å². The standard InChI is InChI=1S/C23H34N4O3S/c1-15(14-26-22(29)30-23(2,3)4)16-8-7-9-17-18(10-12-25-20(16)17)21(28)19(27-24-5)11-13-31-6/h7-10,12,15,19,24,27H,11,13-14H2,1-6H3,(H,26,29)/t15-,19-/m0/s1. The number of carbonyl (C=O) groups is 2. The normalized spacial score (nSPS) is 13.6. The van der Waals surface area contributed by atoms with Crippen LogP contribution in [-0.4, -0.2) is 54.1 Å². The van der Waals surface area contributed by atoms with Crippen molar-refractivity contribution in [3.63, 3.8) is 0 Å². The largest absolute Gasteiger partial charge is 0.444 e. The fourth-order valence-electron chi connectivity index (χ4n) is 3.34. The number of pyridine rings is 1. The van der Waals surface area contributed by atoms with Crippen LogP contribution in [0.4, 0.5) is 4.79 Å². The number of aromatic nitrogens is 1. The molecule has 0 aliphatic heterocycles. The third-order valence-electron chi connectivity index (χ3n) is 4.80. The summed E-state index contributed by atoms with van der Waals surface area (Å²) >= 11 is 1.71. The lowest BCUT2D eigenvalue weighted by atomic mass is 9.93. The molecule has 170 valence electrons. The Bertz CT molecular complexity index is 898. The first-order valence-electron chi connectivity index (χ1n) is 10.5. The van der Waals surface area contributed by atoms with Crippen molar-refractivity contribution < 1.29 is 14.3 Å². The van der Waals surface area contributed by atoms with Crippen molar-refractivity contribution in [2.45, 2.75) is 51.7 Å². The van der Waals surface area contributed by atoms with Crippen molar-refractivity contribution in [1.29, 1.82) is 0 Å². The van der Waals surface area contributed by atoms with E-state index in [4.69, 9.17) is 4.74 Å². The number of thioether (sulfide) groups is 1. The van der Waals surface area contributed by atoms with E-state index in [1.807, 2.05) is 52.1 Å². The molecule has 2 rings (SSSR count). The molecule has 0 bridgehead atoms. The van der Waals surface area contributed by atoms with Crippen molar-refractivity contribution >= 4 is 34.5 Å². The number of ether oxygens (including phenoxy) is 1. The highest BCUT2D eigenvalue weighted by Crippen LogP contribution is 2.27. The summed E-state index contributed by atoms with van der Waals surface area (Å²) in [5.41, 5.74) is 7.83. The molecular weight excluding hydrogens is 412 g/mol. The molecule has 0 aliphatic rings. The van der Waals surface area contributed by atoms with Crippen LogP contribution in [0.25, 0.3) is 10.9 Å². The number of hydrogen-bond donors (Lipinski definition) is 3. The number of carbonyl (C=O) groups excluding carboxylic acids is 2. The van der Waals surface area contributed by atoms with Gasteiger partial charge in [0.15, 0.2) is 5.78 Å². The van der Waals surface area contributed by atoms with E-state index >= 15 is 0 Å². The van der Waals surface area contributed by atoms with Crippen LogP contribution in [0.1, 0.15) is 56.0 Å². The van der Waals surface area contributed by atoms with E-state index in [0.717, 1.165) is 28.6 Å². The number of para-hydroxylation sites is 1. The first-order chi connectivity index (χ1) is 14.7. The Hall–Kier alpha value is -2.16. The summed E-state index contributed by atoms with van der Waals surface area (Å²) in [6.07, 6.45) is 3.98. The van der Waals surface area contributed by atoms with E-state index in [1.165, 1.54) is 0 Å². The Balaban J connectivity index is 2.27. The van der Waals surface area contributed by atoms with E-state index in [9.17, 15) is 9.59 Å². The van der Waals surface area contributed by atoms with Gasteiger partial charge in [0.05, 0.1) is 11.6 Å². The average molecular weight is 447 g/mol. The fourth-order valence-corrected chi connectivity index (χ4v) is 3.81. The van der Waals surface area contributed by atoms with Crippen LogP contribution < -0.4 is 16.2 Å². The highest BCUT2D eigenvalue weighted by Gasteiger charge is 2.23. The van der Waals surface area contributed by atoms with E-state index in [2.05, 4.69) is 21.2 Å². The summed E-state index contributed by atoms with van der Waals surface area (Å²) in [6.45, 7) is 7.92. The zero-order valence-electron chi connectivity index (χ0n) is 19.2. The number of ketones is 1. The minimum Gasteiger partial charge on any atom is -0.444 e. The van der Waals surface area contributed by atoms with Gasteiger partial charge in [0, 0.05) is 29.6 Å². The van der Waals surface area contributed by atoms with E-state index in [1.54, 1.807) is 31.1 Å². The second kappa shape index (κ2) is 11.5. The topological polar surface area (TPSA) is 92.4 Å². The first-order valence-corrected chi connectivity index (χ1v) is 11.9. The number of Topliss-reactive ketones (excluding diaryl/α,β-unsaturated/α-hetero) is 1. The number of benzene rings is 1. The highest BCUT2D eigenvalue weighted by molar-refractivity contribution is 7.98. The third-order valence-corrected chi connectivity index (χ3v) is 5.44. The Morgan fingerprint density at radius 3 is 2.61 bits per heavy atom. The minimum atomic E-state index is -0.544. The van der Waals surface area contributed by atoms with Gasteiger partial charge < -0.3 is 10.1 Å². The molecule has 8 heteroatoms. The molecule has 31 heavy (non-hydrogen) atoms. The molecular formula is C23H34N4O3S. The number of fused-ring (bicyclic) bond motifs is 1. The fraction of sp³-hybridized carbons (Fsp3) is 0.522. The number of hydrazine groups is 1. The summed E-state index contributed by atoms with van der Waals surface area (Å²) in [7, 11) is 1.77. The molecule has 1 aromatic heterocycles. The first kappa shape index (κ1) is 25.1. The maximum absolute atomic E-state index is 13.3. The van der Waals surface area contributed by atoms with Crippen molar-refractivity contribution in [3.05, 3.63) is 41.6 Å². The predicted octanol–water partition coefficient (Wildman–Crippen LogP) is 3.89. The van der Waals surface area contributed by atoms with E-state index in [0.29, 0.717) is 12.1 Å². The van der Waals surface area contributed by atoms with Crippen LogP contribution >= 0.6 is 11.8 Å². The smallest absolute Gasteiger partial charge is 0.407 e. The molecule has 0 fully saturated rings. The highest BCUT2D eigenvalue weighted by atomic mass is 32.2. The third kappa shape index (κ3) is 7.19. The molecule has 2 atom stereocenters. The average Bonchev–Trinajstić information content (AvgIpc) is 2.72. The summed E-state index contributed by atoms with van der Waals surface area (Å²) in [4.78, 5) is 29.8. The van der Waals surface area contributed by atoms with Crippen LogP contribution in [0.5, 0.6) is 0 Å². The van der Waals surface area contributed by atoms with Crippen LogP contribution in [-0.2, 0) is 4.74 Å². The van der Waals surface area contributed by atoms with Crippen LogP contribution in [0, 0.1) is 0 Å². The monoisotopic (exact) mass is 446 g/mol. The number of nitrogens with one attached hydrogen (secondary N) is 3. The van der Waals surface area contributed by atoms with Gasteiger partial charge in [0.25, 0.3) is 0 Å². The molecule has 2 aromatic rings. The van der Waals surface area contributed by atoms with Gasteiger partial charge in [0.1, 0.15) is 5.60 Å². The van der Waals surface area contributed by atoms with Gasteiger partial charge in [-0.2, -0.15) is 11.8 Å². The molecule has 7 nitrogen and oxygen atoms in total. The molecule has 0 unspecified atom stereocenters. The van der Waals surface area contributed by atoms with Crippen molar-refractivity contribution in [3.8, 4) is 0 Å². The van der Waals surface area contributed by atoms with Crippen LogP contribution in [0.3, 0.4) is 0 Å². The van der Waals surface area contributed by atoms with Crippen molar-refractivity contribution in [1.82, 2.24) is 21.2 Å². The Morgan fingerprint density at radius 1 is 1.23 bits per heavy atom. The maximum atomic E-state index is 13.3. The van der Waals surface area contributed by atoms with Gasteiger partial charge >= 0.3 is 6.09 Å². The van der Waals surface area contributed by atoms with Gasteiger partial charge in [-0.1, -0.05) is 25.1 Å². The number of amides is 1. The van der Waals surface area contributed by atoms with Crippen LogP contribution in [0.2, 0.25) is 0 Å². The lowest BCUT2D eigenvalue weighted by molar-refractivity contribution is 0.0525. The molecule has 0 saturated heterocycles. The Morgan fingerprint density at radius 2 is 1.97 bits per heavy atom. The number of hydrogen-bond acceptors (Lipinski definition) is 7. The van der Waals surface area contributed by atoms with Gasteiger partial charge in [-0.15, -0.1) is 0 Å². The lowest BCUT2D eigenvalue weighted by Gasteiger charge is -2.21. The summed E-state index contributed by atoms with van der Waals surface area (Å²) < 4.78 is 5.32. The molecule has 1 amide bonds. The minimum absolute atomic E-state index is 0.00297. The molecule has 3 N–H and O–H groups in total. The molecule has 0 spiro atoms. The maximum Gasteiger partial charge on any atom is 0.407 e. The SMILES string of the molecule is CNN[C@@H](CCSC)C(=O)c1ccnc2c([C@@H](C)CNC(=O)OC(C)(C)C)cccc12. The number of nitrogens with zero attached hydrogens (tertiary/aromatic N) is 1. The molecule has 0 saturated carbocycles. The van der Waals surface area contributed by atoms with Crippen molar-refractivity contribution in [2.75, 3.05) is 25.6 Å². The summed E-state index contributed by atoms with van der Waals surface area (Å²) in [6, 6.07) is 7.31. The predicted molar refractivity (Wildman–Crippen MR) is 128 cm³/mol. The summed E-state index contributed by atoms with van der Waals surface area (Å²) in [5.74, 6) is 0.913. The number of rotatable bonds is 10. The lowest BCUT2D eigenvalue weighted by Crippen LogP contribution is -2.44. The quantitative estimate of drug-likeness (QED) is 0.377. The summed E-state index contributed by atoms with van der Waals surface area (Å²) in [5, 5.41) is 3.64. The van der Waals surface area contributed by atoms with E-state index < -0.39 is 11.7 Å². The van der Waals surface area contributed by atoms with E-state index in [-0.39, 0.29) is 17.7 Å².